The predicted molar refractivity (Wildman–Crippen MR) is 86.0 cm³/mol. The second kappa shape index (κ2) is 5.98. The van der Waals surface area contributed by atoms with Crippen molar-refractivity contribution in [3.05, 3.63) is 90.0 Å². The Hall–Kier alpha value is -2.98. The normalized spacial score (nSPS) is 9.71. The summed E-state index contributed by atoms with van der Waals surface area (Å²) >= 11 is 0. The summed E-state index contributed by atoms with van der Waals surface area (Å²) in [5.74, 6) is 6.32. The fraction of sp³-hybridized carbons (Fsp3) is 0. The molecular formula is C20H14O. The first-order chi connectivity index (χ1) is 10.3. The van der Waals surface area contributed by atoms with E-state index in [-0.39, 0.29) is 5.75 Å². The highest BCUT2D eigenvalue weighted by Crippen LogP contribution is 2.25. The van der Waals surface area contributed by atoms with Crippen LogP contribution in [0.4, 0.5) is 0 Å². The molecule has 3 aromatic rings. The van der Waals surface area contributed by atoms with Gasteiger partial charge in [-0.1, -0.05) is 66.4 Å². The largest absolute Gasteiger partial charge is 0.507 e. The molecule has 100 valence electrons. The van der Waals surface area contributed by atoms with Crippen molar-refractivity contribution in [3.8, 4) is 28.7 Å². The number of hydrogen-bond acceptors (Lipinski definition) is 1. The van der Waals surface area contributed by atoms with Crippen LogP contribution in [0, 0.1) is 11.8 Å². The molecule has 0 aliphatic heterocycles. The summed E-state index contributed by atoms with van der Waals surface area (Å²) in [4.78, 5) is 0. The van der Waals surface area contributed by atoms with Gasteiger partial charge in [0.2, 0.25) is 0 Å². The first-order valence-electron chi connectivity index (χ1n) is 6.78. The third-order valence-electron chi connectivity index (χ3n) is 3.22. The Balaban J connectivity index is 1.98. The number of aromatic hydroxyl groups is 1. The molecule has 0 saturated heterocycles. The van der Waals surface area contributed by atoms with Crippen LogP contribution in [0.5, 0.6) is 5.75 Å². The molecule has 1 heteroatoms. The smallest absolute Gasteiger partial charge is 0.131 e. The number of benzene rings is 3. The van der Waals surface area contributed by atoms with Crippen LogP contribution in [0.2, 0.25) is 0 Å². The second-order valence-electron chi connectivity index (χ2n) is 4.71. The van der Waals surface area contributed by atoms with Crippen LogP contribution < -0.4 is 0 Å². The monoisotopic (exact) mass is 270 g/mol. The van der Waals surface area contributed by atoms with Crippen LogP contribution in [-0.2, 0) is 0 Å². The van der Waals surface area contributed by atoms with Gasteiger partial charge in [0.1, 0.15) is 5.75 Å². The van der Waals surface area contributed by atoms with Gasteiger partial charge in [-0.25, -0.2) is 0 Å². The summed E-state index contributed by atoms with van der Waals surface area (Å²) in [5, 5.41) is 9.96. The molecule has 0 aliphatic rings. The maximum absolute atomic E-state index is 9.96. The molecule has 0 fully saturated rings. The van der Waals surface area contributed by atoms with E-state index in [1.807, 2.05) is 72.8 Å². The summed E-state index contributed by atoms with van der Waals surface area (Å²) in [6, 6.07) is 25.3. The first kappa shape index (κ1) is 13.0. The summed E-state index contributed by atoms with van der Waals surface area (Å²) < 4.78 is 0. The van der Waals surface area contributed by atoms with E-state index in [2.05, 4.69) is 11.8 Å². The van der Waals surface area contributed by atoms with Crippen LogP contribution >= 0.6 is 0 Å². The molecule has 0 atom stereocenters. The van der Waals surface area contributed by atoms with Gasteiger partial charge in [0.25, 0.3) is 0 Å². The molecule has 0 saturated carbocycles. The average molecular weight is 270 g/mol. The molecule has 0 amide bonds. The molecule has 3 rings (SSSR count). The second-order valence-corrected chi connectivity index (χ2v) is 4.71. The Bertz CT molecular complexity index is 793. The molecule has 0 bridgehead atoms. The minimum Gasteiger partial charge on any atom is -0.507 e. The quantitative estimate of drug-likeness (QED) is 0.647. The standard InChI is InChI=1S/C20H14O/c21-20-14-13-18(17-9-5-2-6-10-17)15-19(20)12-11-16-7-3-1-4-8-16/h1-10,13-15,21H. The van der Waals surface area contributed by atoms with Crippen LogP contribution in [0.3, 0.4) is 0 Å². The maximum Gasteiger partial charge on any atom is 0.131 e. The van der Waals surface area contributed by atoms with E-state index in [0.29, 0.717) is 5.56 Å². The number of phenols is 1. The van der Waals surface area contributed by atoms with E-state index in [0.717, 1.165) is 16.7 Å². The van der Waals surface area contributed by atoms with Crippen LogP contribution in [-0.4, -0.2) is 5.11 Å². The third kappa shape index (κ3) is 3.13. The molecule has 1 nitrogen and oxygen atoms in total. The zero-order chi connectivity index (χ0) is 14.5. The van der Waals surface area contributed by atoms with Gasteiger partial charge in [-0.2, -0.15) is 0 Å². The Morgan fingerprint density at radius 3 is 2.00 bits per heavy atom. The number of hydrogen-bond donors (Lipinski definition) is 1. The molecule has 0 aliphatic carbocycles. The van der Waals surface area contributed by atoms with Gasteiger partial charge in [-0.15, -0.1) is 0 Å². The van der Waals surface area contributed by atoms with Crippen molar-refractivity contribution in [2.24, 2.45) is 0 Å². The molecule has 3 aromatic carbocycles. The van der Waals surface area contributed by atoms with Gasteiger partial charge in [0.15, 0.2) is 0 Å². The van der Waals surface area contributed by atoms with Crippen LogP contribution in [0.15, 0.2) is 78.9 Å². The fourth-order valence-electron chi connectivity index (χ4n) is 2.11. The number of rotatable bonds is 1. The Labute approximate surface area is 124 Å². The predicted octanol–water partition coefficient (Wildman–Crippen LogP) is 4.46. The highest BCUT2D eigenvalue weighted by Gasteiger charge is 2.02. The van der Waals surface area contributed by atoms with Gasteiger partial charge in [-0.3, -0.25) is 0 Å². The molecule has 0 radical (unpaired) electrons. The minimum atomic E-state index is 0.207. The lowest BCUT2D eigenvalue weighted by atomic mass is 10.0. The molecule has 0 unspecified atom stereocenters. The third-order valence-corrected chi connectivity index (χ3v) is 3.22. The summed E-state index contributed by atoms with van der Waals surface area (Å²) in [6.07, 6.45) is 0. The van der Waals surface area contributed by atoms with Crippen molar-refractivity contribution >= 4 is 0 Å². The molecular weight excluding hydrogens is 256 g/mol. The maximum atomic E-state index is 9.96. The van der Waals surface area contributed by atoms with E-state index >= 15 is 0 Å². The van der Waals surface area contributed by atoms with Crippen molar-refractivity contribution in [2.75, 3.05) is 0 Å². The summed E-state index contributed by atoms with van der Waals surface area (Å²) in [7, 11) is 0. The van der Waals surface area contributed by atoms with Gasteiger partial charge in [0.05, 0.1) is 5.56 Å². The van der Waals surface area contributed by atoms with E-state index in [1.54, 1.807) is 6.07 Å². The van der Waals surface area contributed by atoms with Crippen LogP contribution in [0.25, 0.3) is 11.1 Å². The molecule has 0 heterocycles. The lowest BCUT2D eigenvalue weighted by molar-refractivity contribution is 0.474. The van der Waals surface area contributed by atoms with Gasteiger partial charge >= 0.3 is 0 Å². The highest BCUT2D eigenvalue weighted by molar-refractivity contribution is 5.67. The molecule has 0 aromatic heterocycles. The van der Waals surface area contributed by atoms with Crippen molar-refractivity contribution in [2.45, 2.75) is 0 Å². The number of phenolic OH excluding ortho intramolecular Hbond substituents is 1. The van der Waals surface area contributed by atoms with Crippen molar-refractivity contribution in [1.29, 1.82) is 0 Å². The average Bonchev–Trinajstić information content (AvgIpc) is 2.56. The van der Waals surface area contributed by atoms with Crippen molar-refractivity contribution in [3.63, 3.8) is 0 Å². The van der Waals surface area contributed by atoms with E-state index in [9.17, 15) is 5.11 Å². The van der Waals surface area contributed by atoms with Crippen molar-refractivity contribution in [1.82, 2.24) is 0 Å². The molecule has 0 spiro atoms. The highest BCUT2D eigenvalue weighted by atomic mass is 16.3. The van der Waals surface area contributed by atoms with E-state index < -0.39 is 0 Å². The zero-order valence-corrected chi connectivity index (χ0v) is 11.5. The van der Waals surface area contributed by atoms with E-state index in [4.69, 9.17) is 0 Å². The fourth-order valence-corrected chi connectivity index (χ4v) is 2.11. The zero-order valence-electron chi connectivity index (χ0n) is 11.5. The van der Waals surface area contributed by atoms with E-state index in [1.165, 1.54) is 0 Å². The first-order valence-corrected chi connectivity index (χ1v) is 6.78. The Morgan fingerprint density at radius 2 is 1.29 bits per heavy atom. The van der Waals surface area contributed by atoms with Crippen molar-refractivity contribution < 1.29 is 5.11 Å². The van der Waals surface area contributed by atoms with Gasteiger partial charge in [0, 0.05) is 5.56 Å². The SMILES string of the molecule is Oc1ccc(-c2ccccc2)cc1C#Cc1ccccc1. The molecule has 21 heavy (non-hydrogen) atoms. The van der Waals surface area contributed by atoms with Gasteiger partial charge < -0.3 is 5.11 Å². The summed E-state index contributed by atoms with van der Waals surface area (Å²) in [5.41, 5.74) is 3.73. The van der Waals surface area contributed by atoms with Gasteiger partial charge in [-0.05, 0) is 35.4 Å². The lowest BCUT2D eigenvalue weighted by Crippen LogP contribution is -1.82. The topological polar surface area (TPSA) is 20.2 Å². The minimum absolute atomic E-state index is 0.207. The lowest BCUT2D eigenvalue weighted by Gasteiger charge is -2.03. The van der Waals surface area contributed by atoms with Crippen LogP contribution in [0.1, 0.15) is 11.1 Å². The molecule has 1 N–H and O–H groups in total. The summed E-state index contributed by atoms with van der Waals surface area (Å²) in [6.45, 7) is 0. The Kier molecular flexibility index (Phi) is 3.71. The Morgan fingerprint density at radius 1 is 0.619 bits per heavy atom.